The van der Waals surface area contributed by atoms with Gasteiger partial charge >= 0.3 is 0 Å². The Hall–Kier alpha value is 0.0569. The quantitative estimate of drug-likeness (QED) is 0.506. The zero-order valence-electron chi connectivity index (χ0n) is 15.8. The van der Waals surface area contributed by atoms with Gasteiger partial charge in [-0.25, -0.2) is 0 Å². The van der Waals surface area contributed by atoms with E-state index in [0.717, 1.165) is 32.5 Å². The summed E-state index contributed by atoms with van der Waals surface area (Å²) in [5.41, 5.74) is 0.314. The smallest absolute Gasteiger partial charge is 0.162 e. The maximum atomic E-state index is 6.22. The first-order valence-electron chi connectivity index (χ1n) is 8.30. The molecule has 0 aliphatic carbocycles. The van der Waals surface area contributed by atoms with Gasteiger partial charge in [0.1, 0.15) is 0 Å². The lowest BCUT2D eigenvalue weighted by Gasteiger charge is -2.40. The van der Waals surface area contributed by atoms with Gasteiger partial charge in [0, 0.05) is 31.2 Å². The molecular formula is C16H39N3OSi. The zero-order valence-corrected chi connectivity index (χ0v) is 17.2. The summed E-state index contributed by atoms with van der Waals surface area (Å²) in [6, 6.07) is 1.25. The Bertz CT molecular complexity index is 229. The van der Waals surface area contributed by atoms with Crippen molar-refractivity contribution in [3.8, 4) is 0 Å². The van der Waals surface area contributed by atoms with E-state index < -0.39 is 9.76 Å². The molecule has 21 heavy (non-hydrogen) atoms. The molecule has 0 N–H and O–H groups in total. The first kappa shape index (κ1) is 21.1. The van der Waals surface area contributed by atoms with Gasteiger partial charge in [0.25, 0.3) is 0 Å². The summed E-state index contributed by atoms with van der Waals surface area (Å²) < 4.78 is 6.22. The van der Waals surface area contributed by atoms with Gasteiger partial charge in [-0.05, 0) is 61.2 Å². The van der Waals surface area contributed by atoms with Gasteiger partial charge in [-0.1, -0.05) is 13.8 Å². The van der Waals surface area contributed by atoms with E-state index in [-0.39, 0.29) is 0 Å². The molecule has 0 fully saturated rings. The highest BCUT2D eigenvalue weighted by Gasteiger charge is 2.32. The molecule has 0 unspecified atom stereocenters. The van der Waals surface area contributed by atoms with E-state index in [9.17, 15) is 0 Å². The molecule has 0 aromatic rings. The highest BCUT2D eigenvalue weighted by molar-refractivity contribution is 6.27. The van der Waals surface area contributed by atoms with Crippen molar-refractivity contribution < 1.29 is 4.43 Å². The van der Waals surface area contributed by atoms with E-state index in [1.54, 1.807) is 0 Å². The van der Waals surface area contributed by atoms with Crippen LogP contribution in [0.15, 0.2) is 0 Å². The second-order valence-corrected chi connectivity index (χ2v) is 8.51. The third-order valence-corrected chi connectivity index (χ3v) is 5.82. The van der Waals surface area contributed by atoms with Crippen molar-refractivity contribution in [2.75, 3.05) is 61.9 Å². The van der Waals surface area contributed by atoms with Gasteiger partial charge in [0.05, 0.1) is 0 Å². The van der Waals surface area contributed by atoms with Gasteiger partial charge in [-0.2, -0.15) is 0 Å². The Morgan fingerprint density at radius 3 is 1.48 bits per heavy atom. The highest BCUT2D eigenvalue weighted by Crippen LogP contribution is 2.26. The van der Waals surface area contributed by atoms with Crippen LogP contribution >= 0.6 is 0 Å². The SMILES string of the molecule is CCC(CC)O[SiH2]CC(CN(C)C)(CN(C)C)CN(C)C. The van der Waals surface area contributed by atoms with Crippen molar-refractivity contribution in [2.45, 2.75) is 38.8 Å². The summed E-state index contributed by atoms with van der Waals surface area (Å²) in [6.07, 6.45) is 2.77. The van der Waals surface area contributed by atoms with Gasteiger partial charge in [0.2, 0.25) is 0 Å². The van der Waals surface area contributed by atoms with Crippen LogP contribution in [0.1, 0.15) is 26.7 Å². The molecule has 0 saturated heterocycles. The topological polar surface area (TPSA) is 19.0 Å². The maximum absolute atomic E-state index is 6.22. The predicted octanol–water partition coefficient (Wildman–Crippen LogP) is 1.36. The van der Waals surface area contributed by atoms with E-state index in [0.29, 0.717) is 11.5 Å². The number of nitrogens with zero attached hydrogens (tertiary/aromatic N) is 3. The molecule has 0 bridgehead atoms. The minimum atomic E-state index is -0.471. The van der Waals surface area contributed by atoms with Crippen LogP contribution in [0.2, 0.25) is 6.04 Å². The first-order chi connectivity index (χ1) is 9.74. The lowest BCUT2D eigenvalue weighted by Crippen LogP contribution is -2.48. The molecule has 0 spiro atoms. The largest absolute Gasteiger partial charge is 0.421 e. The summed E-state index contributed by atoms with van der Waals surface area (Å²) in [7, 11) is 12.6. The van der Waals surface area contributed by atoms with E-state index in [4.69, 9.17) is 4.43 Å². The van der Waals surface area contributed by atoms with E-state index in [2.05, 4.69) is 70.8 Å². The average Bonchev–Trinajstić information content (AvgIpc) is 2.31. The zero-order chi connectivity index (χ0) is 16.5. The van der Waals surface area contributed by atoms with E-state index in [1.165, 1.54) is 6.04 Å². The summed E-state index contributed by atoms with van der Waals surface area (Å²) in [5.74, 6) is 0. The van der Waals surface area contributed by atoms with Crippen LogP contribution in [-0.4, -0.2) is 92.5 Å². The average molecular weight is 318 g/mol. The highest BCUT2D eigenvalue weighted by atomic mass is 28.2. The molecule has 0 aliphatic heterocycles. The fourth-order valence-corrected chi connectivity index (χ4v) is 5.20. The molecule has 0 radical (unpaired) electrons. The number of rotatable bonds is 12. The Kier molecular flexibility index (Phi) is 10.8. The summed E-state index contributed by atoms with van der Waals surface area (Å²) in [5, 5.41) is 0. The van der Waals surface area contributed by atoms with Gasteiger partial charge in [0.15, 0.2) is 9.76 Å². The molecule has 0 atom stereocenters. The van der Waals surface area contributed by atoms with Crippen molar-refractivity contribution in [3.05, 3.63) is 0 Å². The van der Waals surface area contributed by atoms with Crippen LogP contribution in [0, 0.1) is 5.41 Å². The lowest BCUT2D eigenvalue weighted by atomic mass is 9.88. The predicted molar refractivity (Wildman–Crippen MR) is 96.9 cm³/mol. The second-order valence-electron chi connectivity index (χ2n) is 7.27. The summed E-state index contributed by atoms with van der Waals surface area (Å²) >= 11 is 0. The van der Waals surface area contributed by atoms with Crippen molar-refractivity contribution >= 4 is 9.76 Å². The van der Waals surface area contributed by atoms with Gasteiger partial charge < -0.3 is 19.1 Å². The standard InChI is InChI=1S/C16H39N3OSi/c1-9-15(10-2)20-21-14-16(11-17(3)4,12-18(5)6)13-19(7)8/h15H,9-14,21H2,1-8H3. The molecule has 0 aromatic carbocycles. The van der Waals surface area contributed by atoms with Crippen molar-refractivity contribution in [3.63, 3.8) is 0 Å². The Morgan fingerprint density at radius 2 is 1.19 bits per heavy atom. The number of hydrogen-bond donors (Lipinski definition) is 0. The van der Waals surface area contributed by atoms with Crippen LogP contribution in [0.25, 0.3) is 0 Å². The molecular weight excluding hydrogens is 278 g/mol. The summed E-state index contributed by atoms with van der Waals surface area (Å²) in [6.45, 7) is 7.85. The lowest BCUT2D eigenvalue weighted by molar-refractivity contribution is 0.115. The minimum Gasteiger partial charge on any atom is -0.421 e. The Balaban J connectivity index is 4.80. The van der Waals surface area contributed by atoms with Crippen molar-refractivity contribution in [2.24, 2.45) is 5.41 Å². The Morgan fingerprint density at radius 1 is 0.810 bits per heavy atom. The third kappa shape index (κ3) is 9.63. The van der Waals surface area contributed by atoms with Crippen LogP contribution in [-0.2, 0) is 4.43 Å². The second kappa shape index (κ2) is 10.7. The number of hydrogen-bond acceptors (Lipinski definition) is 4. The first-order valence-corrected chi connectivity index (χ1v) is 9.88. The molecule has 0 heterocycles. The molecule has 0 aliphatic rings. The molecule has 4 nitrogen and oxygen atoms in total. The molecule has 0 rings (SSSR count). The van der Waals surface area contributed by atoms with Gasteiger partial charge in [-0.3, -0.25) is 0 Å². The van der Waals surface area contributed by atoms with Crippen LogP contribution < -0.4 is 0 Å². The monoisotopic (exact) mass is 317 g/mol. The molecule has 0 saturated carbocycles. The summed E-state index contributed by atoms with van der Waals surface area (Å²) in [4.78, 5) is 7.00. The fraction of sp³-hybridized carbons (Fsp3) is 1.00. The molecule has 5 heteroatoms. The van der Waals surface area contributed by atoms with Gasteiger partial charge in [-0.15, -0.1) is 0 Å². The van der Waals surface area contributed by atoms with Crippen LogP contribution in [0.4, 0.5) is 0 Å². The van der Waals surface area contributed by atoms with Crippen LogP contribution in [0.3, 0.4) is 0 Å². The van der Waals surface area contributed by atoms with Crippen LogP contribution in [0.5, 0.6) is 0 Å². The fourth-order valence-electron chi connectivity index (χ4n) is 3.37. The van der Waals surface area contributed by atoms with E-state index in [1.807, 2.05) is 0 Å². The van der Waals surface area contributed by atoms with Crippen molar-refractivity contribution in [1.29, 1.82) is 0 Å². The third-order valence-electron chi connectivity index (χ3n) is 3.85. The molecule has 128 valence electrons. The normalized spacial score (nSPS) is 13.7. The molecule has 0 amide bonds. The maximum Gasteiger partial charge on any atom is 0.162 e. The minimum absolute atomic E-state index is 0.314. The Labute approximate surface area is 135 Å². The van der Waals surface area contributed by atoms with Crippen molar-refractivity contribution in [1.82, 2.24) is 14.7 Å². The van der Waals surface area contributed by atoms with E-state index >= 15 is 0 Å². The molecule has 0 aromatic heterocycles.